The number of ether oxygens (including phenoxy) is 1. The van der Waals surface area contributed by atoms with Gasteiger partial charge in [0.25, 0.3) is 0 Å². The number of nitrogens with one attached hydrogen (secondary N) is 1. The van der Waals surface area contributed by atoms with Crippen molar-refractivity contribution < 1.29 is 18.7 Å². The van der Waals surface area contributed by atoms with Crippen LogP contribution in [-0.2, 0) is 9.53 Å². The van der Waals surface area contributed by atoms with Gasteiger partial charge < -0.3 is 4.74 Å². The molecule has 0 saturated carbocycles. The van der Waals surface area contributed by atoms with Crippen LogP contribution in [0.1, 0.15) is 28.8 Å². The van der Waals surface area contributed by atoms with Gasteiger partial charge in [0.2, 0.25) is 0 Å². The molecule has 2 unspecified atom stereocenters. The highest BCUT2D eigenvalue weighted by molar-refractivity contribution is 5.98. The van der Waals surface area contributed by atoms with Crippen molar-refractivity contribution >= 4 is 11.8 Å². The lowest BCUT2D eigenvalue weighted by molar-refractivity contribution is -0.144. The Morgan fingerprint density at radius 2 is 2.21 bits per heavy atom. The number of hydrogen-bond donors (Lipinski definition) is 1. The van der Waals surface area contributed by atoms with E-state index in [0.29, 0.717) is 18.4 Å². The minimum Gasteiger partial charge on any atom is -0.456 e. The van der Waals surface area contributed by atoms with Crippen molar-refractivity contribution in [3.63, 3.8) is 0 Å². The molecule has 0 radical (unpaired) electrons. The second-order valence-electron chi connectivity index (χ2n) is 4.66. The zero-order valence-corrected chi connectivity index (χ0v) is 10.7. The maximum absolute atomic E-state index is 12.9. The molecule has 1 aromatic carbocycles. The summed E-state index contributed by atoms with van der Waals surface area (Å²) in [7, 11) is 0. The molecule has 19 heavy (non-hydrogen) atoms. The van der Waals surface area contributed by atoms with Crippen molar-refractivity contribution in [1.29, 1.82) is 0 Å². The summed E-state index contributed by atoms with van der Waals surface area (Å²) >= 11 is 0. The third-order valence-electron chi connectivity index (χ3n) is 3.06. The van der Waals surface area contributed by atoms with Gasteiger partial charge >= 0.3 is 5.97 Å². The van der Waals surface area contributed by atoms with Crippen molar-refractivity contribution in [2.45, 2.75) is 32.1 Å². The second-order valence-corrected chi connectivity index (χ2v) is 4.66. The molecule has 0 bridgehead atoms. The molecule has 0 aromatic heterocycles. The Morgan fingerprint density at radius 3 is 2.84 bits per heavy atom. The van der Waals surface area contributed by atoms with Crippen LogP contribution in [-0.4, -0.2) is 30.7 Å². The molecular formula is C14H16FNO3. The molecule has 0 spiro atoms. The lowest BCUT2D eigenvalue weighted by Gasteiger charge is -2.10. The van der Waals surface area contributed by atoms with E-state index in [4.69, 9.17) is 4.74 Å². The third-order valence-corrected chi connectivity index (χ3v) is 3.06. The van der Waals surface area contributed by atoms with Gasteiger partial charge in [0.05, 0.1) is 0 Å². The minimum absolute atomic E-state index is 0.258. The summed E-state index contributed by atoms with van der Waals surface area (Å²) in [4.78, 5) is 23.4. The quantitative estimate of drug-likeness (QED) is 0.512. The molecule has 1 fully saturated rings. The molecular weight excluding hydrogens is 249 g/mol. The molecule has 0 aliphatic carbocycles. The minimum atomic E-state index is -1.16. The Bertz CT molecular complexity index is 489. The van der Waals surface area contributed by atoms with Crippen LogP contribution < -0.4 is 5.32 Å². The fourth-order valence-electron chi connectivity index (χ4n) is 2.02. The molecule has 102 valence electrons. The molecule has 1 aliphatic heterocycles. The molecule has 0 amide bonds. The van der Waals surface area contributed by atoms with Gasteiger partial charge in [-0.15, -0.1) is 0 Å². The average molecular weight is 265 g/mol. The molecule has 4 nitrogen and oxygen atoms in total. The van der Waals surface area contributed by atoms with Gasteiger partial charge in [0, 0.05) is 5.56 Å². The Labute approximate surface area is 110 Å². The first-order chi connectivity index (χ1) is 9.06. The number of alkyl halides is 1. The SMILES string of the molecule is Cc1cccc(C(=O)COC(=O)C2CCC(F)N2)c1. The summed E-state index contributed by atoms with van der Waals surface area (Å²) in [6.07, 6.45) is -0.463. The lowest BCUT2D eigenvalue weighted by atomic mass is 10.1. The first kappa shape index (κ1) is 13.7. The number of ketones is 1. The van der Waals surface area contributed by atoms with E-state index in [1.165, 1.54) is 0 Å². The normalized spacial score (nSPS) is 22.2. The maximum atomic E-state index is 12.9. The molecule has 2 rings (SSSR count). The molecule has 1 heterocycles. The van der Waals surface area contributed by atoms with Crippen molar-refractivity contribution in [3.8, 4) is 0 Å². The smallest absolute Gasteiger partial charge is 0.323 e. The lowest BCUT2D eigenvalue weighted by Crippen LogP contribution is -2.36. The van der Waals surface area contributed by atoms with Gasteiger partial charge in [-0.2, -0.15) is 0 Å². The highest BCUT2D eigenvalue weighted by Crippen LogP contribution is 2.14. The Balaban J connectivity index is 1.85. The van der Waals surface area contributed by atoms with Gasteiger partial charge in [-0.3, -0.25) is 14.9 Å². The number of benzene rings is 1. The van der Waals surface area contributed by atoms with Gasteiger partial charge in [0.1, 0.15) is 6.04 Å². The molecule has 1 aromatic rings. The summed E-state index contributed by atoms with van der Waals surface area (Å²) in [6, 6.07) is 6.43. The van der Waals surface area contributed by atoms with E-state index < -0.39 is 18.3 Å². The van der Waals surface area contributed by atoms with E-state index in [1.54, 1.807) is 18.2 Å². The summed E-state index contributed by atoms with van der Waals surface area (Å²) < 4.78 is 17.8. The third kappa shape index (κ3) is 3.61. The fourth-order valence-corrected chi connectivity index (χ4v) is 2.02. The molecule has 2 atom stereocenters. The van der Waals surface area contributed by atoms with Crippen LogP contribution in [0.4, 0.5) is 4.39 Å². The number of carbonyl (C=O) groups is 2. The van der Waals surface area contributed by atoms with Gasteiger partial charge in [-0.1, -0.05) is 23.8 Å². The number of carbonyl (C=O) groups excluding carboxylic acids is 2. The van der Waals surface area contributed by atoms with E-state index in [1.807, 2.05) is 13.0 Å². The Kier molecular flexibility index (Phi) is 4.27. The topological polar surface area (TPSA) is 55.4 Å². The Hall–Kier alpha value is -1.75. The van der Waals surface area contributed by atoms with E-state index in [-0.39, 0.29) is 12.4 Å². The number of rotatable bonds is 4. The fraction of sp³-hybridized carbons (Fsp3) is 0.429. The summed E-state index contributed by atoms with van der Waals surface area (Å²) in [5, 5.41) is 2.47. The van der Waals surface area contributed by atoms with Crippen LogP contribution in [0.15, 0.2) is 24.3 Å². The predicted molar refractivity (Wildman–Crippen MR) is 67.5 cm³/mol. The zero-order chi connectivity index (χ0) is 13.8. The van der Waals surface area contributed by atoms with Gasteiger partial charge in [-0.05, 0) is 25.8 Å². The summed E-state index contributed by atoms with van der Waals surface area (Å²) in [6.45, 7) is 1.57. The van der Waals surface area contributed by atoms with Crippen LogP contribution in [0.2, 0.25) is 0 Å². The van der Waals surface area contributed by atoms with E-state index in [9.17, 15) is 14.0 Å². The number of hydrogen-bond acceptors (Lipinski definition) is 4. The number of esters is 1. The first-order valence-electron chi connectivity index (χ1n) is 6.23. The maximum Gasteiger partial charge on any atom is 0.323 e. The van der Waals surface area contributed by atoms with Gasteiger partial charge in [0.15, 0.2) is 18.7 Å². The van der Waals surface area contributed by atoms with Crippen molar-refractivity contribution in [2.75, 3.05) is 6.61 Å². The monoisotopic (exact) mass is 265 g/mol. The Morgan fingerprint density at radius 1 is 1.42 bits per heavy atom. The van der Waals surface area contributed by atoms with Crippen molar-refractivity contribution in [2.24, 2.45) is 0 Å². The molecule has 5 heteroatoms. The average Bonchev–Trinajstić information content (AvgIpc) is 2.82. The van der Waals surface area contributed by atoms with Crippen LogP contribution >= 0.6 is 0 Å². The largest absolute Gasteiger partial charge is 0.456 e. The zero-order valence-electron chi connectivity index (χ0n) is 10.7. The molecule has 1 N–H and O–H groups in total. The van der Waals surface area contributed by atoms with E-state index in [0.717, 1.165) is 5.56 Å². The van der Waals surface area contributed by atoms with Crippen LogP contribution in [0.3, 0.4) is 0 Å². The van der Waals surface area contributed by atoms with Crippen LogP contribution in [0, 0.1) is 6.92 Å². The van der Waals surface area contributed by atoms with Gasteiger partial charge in [-0.25, -0.2) is 4.39 Å². The summed E-state index contributed by atoms with van der Waals surface area (Å²) in [5.74, 6) is -0.826. The van der Waals surface area contributed by atoms with Crippen LogP contribution in [0.5, 0.6) is 0 Å². The summed E-state index contributed by atoms with van der Waals surface area (Å²) in [5.41, 5.74) is 1.48. The second kappa shape index (κ2) is 5.93. The highest BCUT2D eigenvalue weighted by atomic mass is 19.1. The first-order valence-corrected chi connectivity index (χ1v) is 6.23. The number of Topliss-reactive ketones (excluding diaryl/α,β-unsaturated/α-hetero) is 1. The molecule has 1 saturated heterocycles. The predicted octanol–water partition coefficient (Wildman–Crippen LogP) is 1.77. The van der Waals surface area contributed by atoms with Crippen molar-refractivity contribution in [1.82, 2.24) is 5.32 Å². The van der Waals surface area contributed by atoms with Crippen molar-refractivity contribution in [3.05, 3.63) is 35.4 Å². The number of aryl methyl sites for hydroxylation is 1. The van der Waals surface area contributed by atoms with E-state index in [2.05, 4.69) is 5.32 Å². The number of halogens is 1. The standard InChI is InChI=1S/C14H16FNO3/c1-9-3-2-4-10(7-9)12(17)8-19-14(18)11-5-6-13(15)16-11/h2-4,7,11,13,16H,5-6,8H2,1H3. The highest BCUT2D eigenvalue weighted by Gasteiger charge is 2.30. The molecule has 1 aliphatic rings. The van der Waals surface area contributed by atoms with Crippen LogP contribution in [0.25, 0.3) is 0 Å². The van der Waals surface area contributed by atoms with E-state index >= 15 is 0 Å².